The van der Waals surface area contributed by atoms with E-state index in [1.165, 1.54) is 0 Å². The highest BCUT2D eigenvalue weighted by atomic mass is 32.2. The number of imide groups is 1. The second-order valence-electron chi connectivity index (χ2n) is 2.34. The molecule has 1 unspecified atom stereocenters. The number of carbonyl (C=O) groups excluding carboxylic acids is 2. The van der Waals surface area contributed by atoms with Gasteiger partial charge in [-0.2, -0.15) is 8.42 Å². The summed E-state index contributed by atoms with van der Waals surface area (Å²) < 4.78 is 25.4. The van der Waals surface area contributed by atoms with Gasteiger partial charge < -0.3 is 0 Å². The topological polar surface area (TPSA) is 92.8 Å². The fraction of sp³-hybridized carbons (Fsp3) is 0.500. The van der Waals surface area contributed by atoms with Gasteiger partial charge in [0.15, 0.2) is 0 Å². The summed E-state index contributed by atoms with van der Waals surface area (Å²) in [5, 5.41) is 1.84. The van der Waals surface area contributed by atoms with Gasteiger partial charge in [0.2, 0.25) is 5.91 Å². The first kappa shape index (κ1) is 6.74. The molecule has 7 heteroatoms. The molecule has 1 spiro atoms. The third kappa shape index (κ3) is 0.615. The zero-order chi connectivity index (χ0) is 8.28. The molecular weight excluding hydrogens is 174 g/mol. The van der Waals surface area contributed by atoms with Crippen molar-refractivity contribution in [3.63, 3.8) is 0 Å². The van der Waals surface area contributed by atoms with E-state index in [1.54, 1.807) is 0 Å². The van der Waals surface area contributed by atoms with Crippen molar-refractivity contribution in [2.75, 3.05) is 0 Å². The van der Waals surface area contributed by atoms with Crippen LogP contribution >= 0.6 is 0 Å². The Kier molecular flexibility index (Phi) is 0.894. The molecule has 0 radical (unpaired) electrons. The van der Waals surface area contributed by atoms with Gasteiger partial charge in [-0.3, -0.25) is 14.9 Å². The maximum atomic E-state index is 10.7. The SMILES string of the molecule is O=C1CC2(OS2(=O)=O)C(=O)N1. The van der Waals surface area contributed by atoms with E-state index in [9.17, 15) is 18.0 Å². The van der Waals surface area contributed by atoms with E-state index < -0.39 is 33.3 Å². The molecule has 60 valence electrons. The Bertz CT molecular complexity index is 357. The first-order valence-electron chi connectivity index (χ1n) is 2.77. The molecule has 0 aromatic carbocycles. The van der Waals surface area contributed by atoms with E-state index >= 15 is 0 Å². The smallest absolute Gasteiger partial charge is 0.293 e. The Labute approximate surface area is 61.6 Å². The third-order valence-corrected chi connectivity index (χ3v) is 3.19. The van der Waals surface area contributed by atoms with E-state index in [1.807, 2.05) is 5.32 Å². The average molecular weight is 177 g/mol. The quantitative estimate of drug-likeness (QED) is 0.344. The molecule has 0 saturated carbocycles. The zero-order valence-electron chi connectivity index (χ0n) is 5.16. The minimum absolute atomic E-state index is 0.409. The van der Waals surface area contributed by atoms with Crippen molar-refractivity contribution in [2.45, 2.75) is 11.4 Å². The molecule has 2 fully saturated rings. The largest absolute Gasteiger partial charge is 0.311 e. The number of amides is 2. The van der Waals surface area contributed by atoms with Gasteiger partial charge in [0.05, 0.1) is 6.42 Å². The van der Waals surface area contributed by atoms with E-state index in [2.05, 4.69) is 4.18 Å². The number of hydrogen-bond donors (Lipinski definition) is 1. The predicted octanol–water partition coefficient (Wildman–Crippen LogP) is -1.91. The fourth-order valence-electron chi connectivity index (χ4n) is 0.987. The van der Waals surface area contributed by atoms with Crippen molar-refractivity contribution >= 4 is 21.9 Å². The molecule has 0 aromatic rings. The molecule has 2 aliphatic rings. The van der Waals surface area contributed by atoms with Gasteiger partial charge in [0.25, 0.3) is 10.8 Å². The minimum atomic E-state index is -3.77. The lowest BCUT2D eigenvalue weighted by atomic mass is 10.3. The summed E-state index contributed by atoms with van der Waals surface area (Å²) in [7, 11) is -3.77. The van der Waals surface area contributed by atoms with Gasteiger partial charge in [-0.1, -0.05) is 0 Å². The standard InChI is InChI=1S/C4H3NO5S/c6-2-1-4(3(7)5-2)10-11(4,8)9/h1H2,(H,5,6,7). The van der Waals surface area contributed by atoms with E-state index in [4.69, 9.17) is 0 Å². The van der Waals surface area contributed by atoms with Gasteiger partial charge in [-0.05, 0) is 0 Å². The van der Waals surface area contributed by atoms with E-state index in [0.717, 1.165) is 0 Å². The summed E-state index contributed by atoms with van der Waals surface area (Å²) in [6, 6.07) is 0. The van der Waals surface area contributed by atoms with Gasteiger partial charge in [-0.25, -0.2) is 4.18 Å². The normalized spacial score (nSPS) is 39.3. The molecule has 0 aromatic heterocycles. The van der Waals surface area contributed by atoms with Crippen molar-refractivity contribution in [3.05, 3.63) is 0 Å². The molecule has 6 nitrogen and oxygen atoms in total. The summed E-state index contributed by atoms with van der Waals surface area (Å²) >= 11 is 0. The summed E-state index contributed by atoms with van der Waals surface area (Å²) in [5.41, 5.74) is 0. The average Bonchev–Trinajstić information content (AvgIpc) is 2.22. The summed E-state index contributed by atoms with van der Waals surface area (Å²) in [6.07, 6.45) is -0.409. The van der Waals surface area contributed by atoms with Crippen LogP contribution in [0.3, 0.4) is 0 Å². The van der Waals surface area contributed by atoms with Crippen molar-refractivity contribution in [1.29, 1.82) is 0 Å². The lowest BCUT2D eigenvalue weighted by Gasteiger charge is -1.85. The Balaban J connectivity index is 2.46. The van der Waals surface area contributed by atoms with Crippen LogP contribution in [-0.2, 0) is 23.9 Å². The molecule has 0 aliphatic carbocycles. The van der Waals surface area contributed by atoms with Crippen LogP contribution in [0.1, 0.15) is 6.42 Å². The Hall–Kier alpha value is -0.950. The molecule has 2 aliphatic heterocycles. The predicted molar refractivity (Wildman–Crippen MR) is 30.5 cm³/mol. The molecule has 1 atom stereocenters. The van der Waals surface area contributed by atoms with Crippen LogP contribution in [0, 0.1) is 0 Å². The monoisotopic (exact) mass is 177 g/mol. The van der Waals surface area contributed by atoms with Crippen molar-refractivity contribution in [3.8, 4) is 0 Å². The van der Waals surface area contributed by atoms with Crippen molar-refractivity contribution < 1.29 is 22.2 Å². The number of rotatable bonds is 0. The second-order valence-corrected chi connectivity index (χ2v) is 4.08. The van der Waals surface area contributed by atoms with Crippen LogP contribution in [0.2, 0.25) is 0 Å². The van der Waals surface area contributed by atoms with Gasteiger partial charge in [0, 0.05) is 0 Å². The van der Waals surface area contributed by atoms with Crippen molar-refractivity contribution in [2.24, 2.45) is 0 Å². The number of hydrogen-bond acceptors (Lipinski definition) is 5. The summed E-state index contributed by atoms with van der Waals surface area (Å²) in [6.45, 7) is 0. The first-order chi connectivity index (χ1) is 4.98. The van der Waals surface area contributed by atoms with Crippen LogP contribution in [0.4, 0.5) is 0 Å². The number of carbonyl (C=O) groups is 2. The summed E-state index contributed by atoms with van der Waals surface area (Å²) in [4.78, 5) is 19.4. The van der Waals surface area contributed by atoms with E-state index in [-0.39, 0.29) is 0 Å². The lowest BCUT2D eigenvalue weighted by molar-refractivity contribution is -0.126. The maximum absolute atomic E-state index is 10.7. The first-order valence-corrected chi connectivity index (χ1v) is 4.18. The van der Waals surface area contributed by atoms with E-state index in [0.29, 0.717) is 0 Å². The molecule has 1 N–H and O–H groups in total. The van der Waals surface area contributed by atoms with Gasteiger partial charge in [0.1, 0.15) is 0 Å². The van der Waals surface area contributed by atoms with Crippen molar-refractivity contribution in [1.82, 2.24) is 5.32 Å². The lowest BCUT2D eigenvalue weighted by Crippen LogP contribution is -2.27. The molecule has 2 heterocycles. The Morgan fingerprint density at radius 2 is 2.00 bits per heavy atom. The molecule has 2 amide bonds. The van der Waals surface area contributed by atoms with Crippen LogP contribution in [0.25, 0.3) is 0 Å². The van der Waals surface area contributed by atoms with Gasteiger partial charge >= 0.3 is 10.1 Å². The Morgan fingerprint density at radius 3 is 2.18 bits per heavy atom. The molecule has 2 saturated heterocycles. The highest BCUT2D eigenvalue weighted by molar-refractivity contribution is 7.94. The second kappa shape index (κ2) is 1.46. The summed E-state index contributed by atoms with van der Waals surface area (Å²) in [5.74, 6) is -1.49. The van der Waals surface area contributed by atoms with Gasteiger partial charge in [-0.15, -0.1) is 0 Å². The number of nitrogens with one attached hydrogen (secondary N) is 1. The molecule has 11 heavy (non-hydrogen) atoms. The molecule has 2 rings (SSSR count). The zero-order valence-corrected chi connectivity index (χ0v) is 5.97. The molecule has 0 bridgehead atoms. The van der Waals surface area contributed by atoms with Crippen LogP contribution in [0.5, 0.6) is 0 Å². The fourth-order valence-corrected chi connectivity index (χ4v) is 2.19. The minimum Gasteiger partial charge on any atom is -0.293 e. The van der Waals surface area contributed by atoms with Crippen LogP contribution in [0.15, 0.2) is 0 Å². The van der Waals surface area contributed by atoms with Crippen LogP contribution in [-0.4, -0.2) is 25.2 Å². The highest BCUT2D eigenvalue weighted by Crippen LogP contribution is 2.44. The van der Waals surface area contributed by atoms with Crippen LogP contribution < -0.4 is 5.32 Å². The highest BCUT2D eigenvalue weighted by Gasteiger charge is 2.74. The Morgan fingerprint density at radius 1 is 1.45 bits per heavy atom. The molecular formula is C4H3NO5S. The maximum Gasteiger partial charge on any atom is 0.311 e. The third-order valence-electron chi connectivity index (χ3n) is 1.61.